The summed E-state index contributed by atoms with van der Waals surface area (Å²) in [5, 5.41) is 2.93. The molecule has 2 aromatic carbocycles. The van der Waals surface area contributed by atoms with E-state index in [4.69, 9.17) is 0 Å². The van der Waals surface area contributed by atoms with E-state index in [0.29, 0.717) is 6.54 Å². The summed E-state index contributed by atoms with van der Waals surface area (Å²) in [5.41, 5.74) is 4.89. The Bertz CT molecular complexity index is 736. The van der Waals surface area contributed by atoms with Crippen LogP contribution in [0, 0.1) is 20.8 Å². The normalized spacial score (nSPS) is 10.3. The van der Waals surface area contributed by atoms with Crippen molar-refractivity contribution < 1.29 is 9.59 Å². The molecular formula is C20H24N2O2. The third kappa shape index (κ3) is 4.69. The third-order valence-electron chi connectivity index (χ3n) is 3.96. The van der Waals surface area contributed by atoms with E-state index < -0.39 is 0 Å². The smallest absolute Gasteiger partial charge is 0.226 e. The van der Waals surface area contributed by atoms with Gasteiger partial charge in [0.05, 0.1) is 0 Å². The molecule has 0 fully saturated rings. The first kappa shape index (κ1) is 17.7. The molecule has 0 radical (unpaired) electrons. The van der Waals surface area contributed by atoms with Crippen LogP contribution in [0.3, 0.4) is 0 Å². The standard InChI is InChI=1S/C20H24N2O2/c1-14-6-9-18(10-7-14)22(17(4)23)12-11-20(24)21-19-13-15(2)5-8-16(19)3/h5-10,13H,11-12H2,1-4H3,(H,21,24). The minimum Gasteiger partial charge on any atom is -0.326 e. The lowest BCUT2D eigenvalue weighted by atomic mass is 10.1. The van der Waals surface area contributed by atoms with Crippen LogP contribution in [0.15, 0.2) is 42.5 Å². The molecule has 4 nitrogen and oxygen atoms in total. The SMILES string of the molecule is CC(=O)N(CCC(=O)Nc1cc(C)ccc1C)c1ccc(C)cc1. The number of benzene rings is 2. The number of nitrogens with one attached hydrogen (secondary N) is 1. The van der Waals surface area contributed by atoms with Crippen molar-refractivity contribution in [3.63, 3.8) is 0 Å². The number of aryl methyl sites for hydroxylation is 3. The Balaban J connectivity index is 2.01. The van der Waals surface area contributed by atoms with Crippen LogP contribution in [0.4, 0.5) is 11.4 Å². The lowest BCUT2D eigenvalue weighted by Crippen LogP contribution is -2.32. The molecule has 4 heteroatoms. The van der Waals surface area contributed by atoms with E-state index in [-0.39, 0.29) is 18.2 Å². The Morgan fingerprint density at radius 3 is 2.21 bits per heavy atom. The predicted molar refractivity (Wildman–Crippen MR) is 98.4 cm³/mol. The van der Waals surface area contributed by atoms with E-state index in [2.05, 4.69) is 5.32 Å². The van der Waals surface area contributed by atoms with Crippen molar-refractivity contribution >= 4 is 23.2 Å². The number of rotatable bonds is 5. The monoisotopic (exact) mass is 324 g/mol. The number of hydrogen-bond acceptors (Lipinski definition) is 2. The minimum absolute atomic E-state index is 0.0709. The second-order valence-electron chi connectivity index (χ2n) is 6.12. The van der Waals surface area contributed by atoms with Crippen molar-refractivity contribution in [2.45, 2.75) is 34.1 Å². The largest absolute Gasteiger partial charge is 0.326 e. The van der Waals surface area contributed by atoms with E-state index in [9.17, 15) is 9.59 Å². The van der Waals surface area contributed by atoms with Gasteiger partial charge in [-0.1, -0.05) is 29.8 Å². The van der Waals surface area contributed by atoms with Crippen molar-refractivity contribution in [1.29, 1.82) is 0 Å². The fourth-order valence-electron chi connectivity index (χ4n) is 2.49. The van der Waals surface area contributed by atoms with Gasteiger partial charge in [-0.25, -0.2) is 0 Å². The maximum absolute atomic E-state index is 12.2. The highest BCUT2D eigenvalue weighted by molar-refractivity contribution is 5.95. The molecule has 126 valence electrons. The molecule has 0 saturated carbocycles. The van der Waals surface area contributed by atoms with Gasteiger partial charge in [0.15, 0.2) is 0 Å². The first-order valence-electron chi connectivity index (χ1n) is 8.08. The van der Waals surface area contributed by atoms with E-state index in [0.717, 1.165) is 28.1 Å². The number of carbonyl (C=O) groups excluding carboxylic acids is 2. The van der Waals surface area contributed by atoms with Gasteiger partial charge in [0.1, 0.15) is 0 Å². The average Bonchev–Trinajstić information content (AvgIpc) is 2.52. The van der Waals surface area contributed by atoms with Crippen molar-refractivity contribution in [3.8, 4) is 0 Å². The highest BCUT2D eigenvalue weighted by atomic mass is 16.2. The van der Waals surface area contributed by atoms with Crippen LogP contribution in [-0.2, 0) is 9.59 Å². The fraction of sp³-hybridized carbons (Fsp3) is 0.300. The van der Waals surface area contributed by atoms with Crippen LogP contribution in [0.1, 0.15) is 30.0 Å². The zero-order valence-electron chi connectivity index (χ0n) is 14.7. The molecule has 0 aliphatic carbocycles. The highest BCUT2D eigenvalue weighted by Gasteiger charge is 2.14. The Kier molecular flexibility index (Phi) is 5.74. The summed E-state index contributed by atoms with van der Waals surface area (Å²) in [6.45, 7) is 7.82. The second kappa shape index (κ2) is 7.77. The molecule has 0 unspecified atom stereocenters. The van der Waals surface area contributed by atoms with Crippen molar-refractivity contribution in [2.24, 2.45) is 0 Å². The quantitative estimate of drug-likeness (QED) is 0.904. The maximum Gasteiger partial charge on any atom is 0.226 e. The molecule has 0 spiro atoms. The van der Waals surface area contributed by atoms with Gasteiger partial charge >= 0.3 is 0 Å². The van der Waals surface area contributed by atoms with Gasteiger partial charge in [-0.15, -0.1) is 0 Å². The van der Waals surface area contributed by atoms with Crippen LogP contribution in [-0.4, -0.2) is 18.4 Å². The van der Waals surface area contributed by atoms with Gasteiger partial charge in [-0.2, -0.15) is 0 Å². The Morgan fingerprint density at radius 1 is 0.958 bits per heavy atom. The molecule has 0 aliphatic heterocycles. The zero-order chi connectivity index (χ0) is 17.7. The Labute approximate surface area is 143 Å². The number of carbonyl (C=O) groups is 2. The molecular weight excluding hydrogens is 300 g/mol. The van der Waals surface area contributed by atoms with E-state index in [1.165, 1.54) is 6.92 Å². The molecule has 0 aliphatic rings. The topological polar surface area (TPSA) is 49.4 Å². The molecule has 2 aromatic rings. The molecule has 24 heavy (non-hydrogen) atoms. The van der Waals surface area contributed by atoms with Crippen LogP contribution < -0.4 is 10.2 Å². The van der Waals surface area contributed by atoms with Crippen LogP contribution in [0.25, 0.3) is 0 Å². The average molecular weight is 324 g/mol. The summed E-state index contributed by atoms with van der Waals surface area (Å²) in [6, 6.07) is 13.7. The third-order valence-corrected chi connectivity index (χ3v) is 3.96. The summed E-state index contributed by atoms with van der Waals surface area (Å²) >= 11 is 0. The maximum atomic E-state index is 12.2. The van der Waals surface area contributed by atoms with Gasteiger partial charge in [0.2, 0.25) is 11.8 Å². The van der Waals surface area contributed by atoms with E-state index in [1.54, 1.807) is 4.90 Å². The molecule has 0 saturated heterocycles. The molecule has 0 atom stereocenters. The van der Waals surface area contributed by atoms with Crippen molar-refractivity contribution in [3.05, 3.63) is 59.2 Å². The lowest BCUT2D eigenvalue weighted by Gasteiger charge is -2.21. The van der Waals surface area contributed by atoms with Crippen LogP contribution in [0.2, 0.25) is 0 Å². The van der Waals surface area contributed by atoms with Crippen molar-refractivity contribution in [1.82, 2.24) is 0 Å². The second-order valence-corrected chi connectivity index (χ2v) is 6.12. The van der Waals surface area contributed by atoms with Gasteiger partial charge in [-0.05, 0) is 50.1 Å². The Hall–Kier alpha value is -2.62. The van der Waals surface area contributed by atoms with Gasteiger partial charge in [-0.3, -0.25) is 9.59 Å². The minimum atomic E-state index is -0.0953. The summed E-state index contributed by atoms with van der Waals surface area (Å²) in [5.74, 6) is -0.166. The first-order chi connectivity index (χ1) is 11.4. The summed E-state index contributed by atoms with van der Waals surface area (Å²) in [4.78, 5) is 25.8. The summed E-state index contributed by atoms with van der Waals surface area (Å²) in [7, 11) is 0. The predicted octanol–water partition coefficient (Wildman–Crippen LogP) is 3.99. The number of anilines is 2. The number of hydrogen-bond donors (Lipinski definition) is 1. The first-order valence-corrected chi connectivity index (χ1v) is 8.08. The summed E-state index contributed by atoms with van der Waals surface area (Å²) < 4.78 is 0. The number of amides is 2. The van der Waals surface area contributed by atoms with Crippen molar-refractivity contribution in [2.75, 3.05) is 16.8 Å². The molecule has 0 aromatic heterocycles. The fourth-order valence-corrected chi connectivity index (χ4v) is 2.49. The highest BCUT2D eigenvalue weighted by Crippen LogP contribution is 2.18. The lowest BCUT2D eigenvalue weighted by molar-refractivity contribution is -0.117. The van der Waals surface area contributed by atoms with Gasteiger partial charge in [0, 0.05) is 31.3 Å². The molecule has 2 rings (SSSR count). The summed E-state index contributed by atoms with van der Waals surface area (Å²) in [6.07, 6.45) is 0.251. The van der Waals surface area contributed by atoms with E-state index in [1.807, 2.05) is 63.2 Å². The zero-order valence-corrected chi connectivity index (χ0v) is 14.7. The molecule has 2 amide bonds. The van der Waals surface area contributed by atoms with Crippen LogP contribution in [0.5, 0.6) is 0 Å². The molecule has 1 N–H and O–H groups in total. The molecule has 0 heterocycles. The Morgan fingerprint density at radius 2 is 1.58 bits per heavy atom. The molecule has 0 bridgehead atoms. The van der Waals surface area contributed by atoms with Gasteiger partial charge in [0.25, 0.3) is 0 Å². The van der Waals surface area contributed by atoms with E-state index >= 15 is 0 Å². The van der Waals surface area contributed by atoms with Crippen LogP contribution >= 0.6 is 0 Å². The number of nitrogens with zero attached hydrogens (tertiary/aromatic N) is 1. The van der Waals surface area contributed by atoms with Gasteiger partial charge < -0.3 is 10.2 Å².